The molecule has 0 aromatic carbocycles. The Bertz CT molecular complexity index is 884. The number of esters is 1. The third-order valence-corrected chi connectivity index (χ3v) is 7.96. The molecule has 4 atom stereocenters. The van der Waals surface area contributed by atoms with E-state index in [1.165, 1.54) is 7.11 Å². The first kappa shape index (κ1) is 31.8. The van der Waals surface area contributed by atoms with E-state index < -0.39 is 18.1 Å². The lowest BCUT2D eigenvalue weighted by atomic mass is 9.95. The number of amides is 3. The van der Waals surface area contributed by atoms with Crippen molar-refractivity contribution >= 4 is 23.7 Å². The molecule has 2 saturated heterocycles. The number of hydrogen-bond donors (Lipinski definition) is 1. The van der Waals surface area contributed by atoms with Crippen molar-refractivity contribution in [1.82, 2.24) is 20.0 Å². The van der Waals surface area contributed by atoms with Crippen LogP contribution >= 0.6 is 0 Å². The van der Waals surface area contributed by atoms with Gasteiger partial charge in [0.15, 0.2) is 0 Å². The molecule has 2 aliphatic rings. The summed E-state index contributed by atoms with van der Waals surface area (Å²) >= 11 is 0. The van der Waals surface area contributed by atoms with Crippen LogP contribution in [-0.2, 0) is 23.9 Å². The monoisotopic (exact) mass is 534 g/mol. The van der Waals surface area contributed by atoms with Gasteiger partial charge >= 0.3 is 5.97 Å². The third-order valence-electron chi connectivity index (χ3n) is 7.96. The van der Waals surface area contributed by atoms with Gasteiger partial charge in [-0.15, -0.1) is 0 Å². The molecule has 1 N–H and O–H groups in total. The molecule has 0 saturated carbocycles. The van der Waals surface area contributed by atoms with E-state index >= 15 is 0 Å². The van der Waals surface area contributed by atoms with Crippen LogP contribution in [0, 0.1) is 11.8 Å². The first-order chi connectivity index (χ1) is 17.8. The van der Waals surface area contributed by atoms with Gasteiger partial charge < -0.3 is 19.9 Å². The second kappa shape index (κ2) is 14.1. The fraction of sp³-hybridized carbons (Fsp3) is 0.793. The lowest BCUT2D eigenvalue weighted by Crippen LogP contribution is -2.58. The molecule has 2 aliphatic heterocycles. The smallest absolute Gasteiger partial charge is 0.328 e. The Morgan fingerprint density at radius 2 is 1.55 bits per heavy atom. The lowest BCUT2D eigenvalue weighted by molar-refractivity contribution is -0.149. The molecule has 0 bridgehead atoms. The van der Waals surface area contributed by atoms with E-state index in [0.717, 1.165) is 32.2 Å². The first-order valence-electron chi connectivity index (χ1n) is 14.2. The molecule has 2 rings (SSSR count). The number of hydrogen-bond acceptors (Lipinski definition) is 6. The molecule has 0 aromatic heterocycles. The van der Waals surface area contributed by atoms with E-state index in [4.69, 9.17) is 4.74 Å². The molecular formula is C29H50N4O5. The quantitative estimate of drug-likeness (QED) is 0.342. The Hall–Kier alpha value is -2.42. The van der Waals surface area contributed by atoms with Crippen LogP contribution in [0.15, 0.2) is 11.6 Å². The van der Waals surface area contributed by atoms with Gasteiger partial charge in [-0.3, -0.25) is 19.3 Å². The molecule has 2 fully saturated rings. The second-order valence-electron chi connectivity index (χ2n) is 11.8. The number of rotatable bonds is 10. The Labute approximate surface area is 229 Å². The van der Waals surface area contributed by atoms with Gasteiger partial charge in [-0.25, -0.2) is 4.79 Å². The minimum atomic E-state index is -0.670. The van der Waals surface area contributed by atoms with Crippen LogP contribution < -0.4 is 5.32 Å². The van der Waals surface area contributed by atoms with Gasteiger partial charge in [0.2, 0.25) is 17.7 Å². The lowest BCUT2D eigenvalue weighted by Gasteiger charge is -2.39. The Balaban J connectivity index is 2.21. The summed E-state index contributed by atoms with van der Waals surface area (Å²) in [6.45, 7) is 15.2. The molecular weight excluding hydrogens is 484 g/mol. The van der Waals surface area contributed by atoms with Crippen LogP contribution in [0.3, 0.4) is 0 Å². The number of likely N-dealkylation sites (N-methyl/N-ethyl adjacent to an activating group) is 1. The maximum atomic E-state index is 13.8. The number of nitrogens with zero attached hydrogens (tertiary/aromatic N) is 3. The first-order valence-corrected chi connectivity index (χ1v) is 14.2. The highest BCUT2D eigenvalue weighted by Crippen LogP contribution is 2.24. The summed E-state index contributed by atoms with van der Waals surface area (Å²) in [6.07, 6.45) is 6.02. The van der Waals surface area contributed by atoms with Gasteiger partial charge in [0.25, 0.3) is 0 Å². The minimum Gasteiger partial charge on any atom is -0.467 e. The van der Waals surface area contributed by atoms with Crippen molar-refractivity contribution in [2.24, 2.45) is 11.8 Å². The average Bonchev–Trinajstić information content (AvgIpc) is 3.37. The molecule has 9 heteroatoms. The van der Waals surface area contributed by atoms with Crippen LogP contribution in [-0.4, -0.2) is 95.8 Å². The standard InChI is InChI=1S/C29H50N4O5/c1-18(2)24(17-21(7)27(35)33-16-12-14-23(33)29(37)38-9)31(8)28(36)25(19(3)4)30-26(34)22-13-10-11-15-32(22)20(5)6/h17-20,22-25H,10-16H2,1-9H3,(H,30,34)/t22-,23+,24-,25+/m1/s1. The predicted octanol–water partition coefficient (Wildman–Crippen LogP) is 2.98. The molecule has 2 heterocycles. The van der Waals surface area contributed by atoms with E-state index in [0.29, 0.717) is 18.5 Å². The average molecular weight is 535 g/mol. The highest BCUT2D eigenvalue weighted by Gasteiger charge is 2.38. The summed E-state index contributed by atoms with van der Waals surface area (Å²) in [5, 5.41) is 3.07. The van der Waals surface area contributed by atoms with Crippen molar-refractivity contribution in [3.63, 3.8) is 0 Å². The summed E-state index contributed by atoms with van der Waals surface area (Å²) < 4.78 is 4.88. The van der Waals surface area contributed by atoms with Gasteiger partial charge in [0.1, 0.15) is 12.1 Å². The minimum absolute atomic E-state index is 0.0278. The number of piperidine rings is 1. The maximum absolute atomic E-state index is 13.8. The molecule has 0 aliphatic carbocycles. The van der Waals surface area contributed by atoms with Crippen LogP contribution in [0.25, 0.3) is 0 Å². The molecule has 216 valence electrons. The predicted molar refractivity (Wildman–Crippen MR) is 148 cm³/mol. The third kappa shape index (κ3) is 7.58. The fourth-order valence-corrected chi connectivity index (χ4v) is 5.68. The number of carbonyl (C=O) groups is 4. The van der Waals surface area contributed by atoms with Gasteiger partial charge in [0, 0.05) is 25.2 Å². The van der Waals surface area contributed by atoms with E-state index in [9.17, 15) is 19.2 Å². The van der Waals surface area contributed by atoms with Crippen molar-refractivity contribution < 1.29 is 23.9 Å². The van der Waals surface area contributed by atoms with Gasteiger partial charge in [-0.2, -0.15) is 0 Å². The molecule has 0 aromatic rings. The Morgan fingerprint density at radius 1 is 0.921 bits per heavy atom. The highest BCUT2D eigenvalue weighted by molar-refractivity contribution is 5.96. The van der Waals surface area contributed by atoms with E-state index in [2.05, 4.69) is 24.1 Å². The van der Waals surface area contributed by atoms with E-state index in [1.807, 2.05) is 33.8 Å². The topological polar surface area (TPSA) is 99.3 Å². The second-order valence-corrected chi connectivity index (χ2v) is 11.8. The summed E-state index contributed by atoms with van der Waals surface area (Å²) in [5.74, 6) is -0.964. The molecule has 0 unspecified atom stereocenters. The van der Waals surface area contributed by atoms with Gasteiger partial charge in [0.05, 0.1) is 19.2 Å². The van der Waals surface area contributed by atoms with E-state index in [-0.39, 0.29) is 47.7 Å². The van der Waals surface area contributed by atoms with Crippen LogP contribution in [0.4, 0.5) is 0 Å². The van der Waals surface area contributed by atoms with Crippen molar-refractivity contribution in [1.29, 1.82) is 0 Å². The molecule has 0 spiro atoms. The van der Waals surface area contributed by atoms with Crippen molar-refractivity contribution in [3.8, 4) is 0 Å². The fourth-order valence-electron chi connectivity index (χ4n) is 5.68. The van der Waals surface area contributed by atoms with Crippen LogP contribution in [0.2, 0.25) is 0 Å². The largest absolute Gasteiger partial charge is 0.467 e. The van der Waals surface area contributed by atoms with Gasteiger partial charge in [-0.1, -0.05) is 40.2 Å². The number of nitrogens with one attached hydrogen (secondary N) is 1. The van der Waals surface area contributed by atoms with Crippen molar-refractivity contribution in [2.75, 3.05) is 27.2 Å². The molecule has 9 nitrogen and oxygen atoms in total. The van der Waals surface area contributed by atoms with Gasteiger partial charge in [-0.05, 0) is 64.8 Å². The SMILES string of the molecule is COC(=O)[C@@H]1CCCN1C(=O)C(C)=C[C@H](C(C)C)N(C)C(=O)[C@@H](NC(=O)[C@H]1CCCCN1C(C)C)C(C)C. The Kier molecular flexibility index (Phi) is 11.8. The molecule has 3 amide bonds. The zero-order valence-electron chi connectivity index (χ0n) is 25.0. The van der Waals surface area contributed by atoms with E-state index in [1.54, 1.807) is 23.8 Å². The van der Waals surface area contributed by atoms with Crippen LogP contribution in [0.5, 0.6) is 0 Å². The summed E-state index contributed by atoms with van der Waals surface area (Å²) in [7, 11) is 3.07. The summed E-state index contributed by atoms with van der Waals surface area (Å²) in [5.41, 5.74) is 0.485. The molecule has 0 radical (unpaired) electrons. The Morgan fingerprint density at radius 3 is 2.11 bits per heavy atom. The zero-order chi connectivity index (χ0) is 28.7. The summed E-state index contributed by atoms with van der Waals surface area (Å²) in [6, 6.07) is -1.57. The van der Waals surface area contributed by atoms with Crippen molar-refractivity contribution in [3.05, 3.63) is 11.6 Å². The van der Waals surface area contributed by atoms with Crippen molar-refractivity contribution in [2.45, 2.75) is 111 Å². The number of carbonyl (C=O) groups excluding carboxylic acids is 4. The number of methoxy groups -OCH3 is 1. The number of ether oxygens (including phenoxy) is 1. The molecule has 38 heavy (non-hydrogen) atoms. The maximum Gasteiger partial charge on any atom is 0.328 e. The normalized spacial score (nSPS) is 22.5. The summed E-state index contributed by atoms with van der Waals surface area (Å²) in [4.78, 5) is 58.0. The van der Waals surface area contributed by atoms with Crippen LogP contribution in [0.1, 0.15) is 80.6 Å². The number of likely N-dealkylation sites (tertiary alicyclic amines) is 2. The highest BCUT2D eigenvalue weighted by atomic mass is 16.5. The zero-order valence-corrected chi connectivity index (χ0v) is 25.0.